The summed E-state index contributed by atoms with van der Waals surface area (Å²) in [6.07, 6.45) is 5.29. The van der Waals surface area contributed by atoms with Crippen LogP contribution in [0.25, 0.3) is 0 Å². The first-order chi connectivity index (χ1) is 8.13. The molecule has 0 heterocycles. The summed E-state index contributed by atoms with van der Waals surface area (Å²) in [6.45, 7) is 5.13. The molecule has 0 spiro atoms. The van der Waals surface area contributed by atoms with Crippen molar-refractivity contribution in [2.45, 2.75) is 58.1 Å². The maximum atomic E-state index is 11.7. The lowest BCUT2D eigenvalue weighted by molar-refractivity contribution is -0.123. The molecular formula is C13H26N2O2. The molecule has 100 valence electrons. The van der Waals surface area contributed by atoms with Crippen molar-refractivity contribution in [1.82, 2.24) is 5.32 Å². The molecule has 0 aromatic carbocycles. The summed E-state index contributed by atoms with van der Waals surface area (Å²) >= 11 is 0. The van der Waals surface area contributed by atoms with E-state index in [1.807, 2.05) is 13.8 Å². The number of hydrogen-bond acceptors (Lipinski definition) is 3. The minimum atomic E-state index is 0.0935. The lowest BCUT2D eigenvalue weighted by atomic mass is 9.84. The van der Waals surface area contributed by atoms with Crippen LogP contribution in [0.2, 0.25) is 0 Å². The highest BCUT2D eigenvalue weighted by molar-refractivity contribution is 5.76. The average molecular weight is 242 g/mol. The molecule has 1 amide bonds. The molecule has 0 aromatic rings. The number of nitrogens with one attached hydrogen (secondary N) is 1. The molecule has 1 fully saturated rings. The third-order valence-electron chi connectivity index (χ3n) is 3.34. The van der Waals surface area contributed by atoms with Crippen LogP contribution in [0.5, 0.6) is 0 Å². The lowest BCUT2D eigenvalue weighted by Gasteiger charge is -2.31. The molecule has 1 aliphatic carbocycles. The van der Waals surface area contributed by atoms with Crippen molar-refractivity contribution >= 4 is 5.91 Å². The second kappa shape index (κ2) is 7.67. The summed E-state index contributed by atoms with van der Waals surface area (Å²) in [6, 6.07) is 0.278. The Hall–Kier alpha value is -0.610. The van der Waals surface area contributed by atoms with Gasteiger partial charge in [-0.1, -0.05) is 12.8 Å². The largest absolute Gasteiger partial charge is 0.378 e. The monoisotopic (exact) mass is 242 g/mol. The molecule has 1 aliphatic rings. The number of rotatable bonds is 6. The molecule has 3 N–H and O–H groups in total. The van der Waals surface area contributed by atoms with Crippen LogP contribution < -0.4 is 11.1 Å². The molecule has 2 unspecified atom stereocenters. The SMILES string of the molecule is CC(C)OCCC(=O)NC1CCCCC1CN. The number of amides is 1. The number of carbonyl (C=O) groups is 1. The highest BCUT2D eigenvalue weighted by atomic mass is 16.5. The third-order valence-corrected chi connectivity index (χ3v) is 3.34. The van der Waals surface area contributed by atoms with E-state index >= 15 is 0 Å². The quantitative estimate of drug-likeness (QED) is 0.740. The van der Waals surface area contributed by atoms with E-state index in [1.165, 1.54) is 12.8 Å². The highest BCUT2D eigenvalue weighted by Crippen LogP contribution is 2.23. The normalized spacial score (nSPS) is 24.9. The molecule has 2 atom stereocenters. The van der Waals surface area contributed by atoms with E-state index in [0.717, 1.165) is 12.8 Å². The van der Waals surface area contributed by atoms with Gasteiger partial charge >= 0.3 is 0 Å². The first kappa shape index (κ1) is 14.5. The fraction of sp³-hybridized carbons (Fsp3) is 0.923. The van der Waals surface area contributed by atoms with Crippen molar-refractivity contribution < 1.29 is 9.53 Å². The van der Waals surface area contributed by atoms with Crippen LogP contribution in [-0.4, -0.2) is 31.2 Å². The molecule has 4 heteroatoms. The van der Waals surface area contributed by atoms with E-state index in [0.29, 0.717) is 25.5 Å². The minimum absolute atomic E-state index is 0.0935. The molecular weight excluding hydrogens is 216 g/mol. The molecule has 1 saturated carbocycles. The second-order valence-corrected chi connectivity index (χ2v) is 5.12. The number of nitrogens with two attached hydrogens (primary N) is 1. The van der Waals surface area contributed by atoms with Crippen molar-refractivity contribution in [3.8, 4) is 0 Å². The van der Waals surface area contributed by atoms with Gasteiger partial charge in [0.15, 0.2) is 0 Å². The van der Waals surface area contributed by atoms with Gasteiger partial charge in [-0.25, -0.2) is 0 Å². The fourth-order valence-electron chi connectivity index (χ4n) is 2.35. The maximum absolute atomic E-state index is 11.7. The summed E-state index contributed by atoms with van der Waals surface area (Å²) in [5, 5.41) is 3.09. The van der Waals surface area contributed by atoms with Gasteiger partial charge in [0.05, 0.1) is 12.7 Å². The predicted octanol–water partition coefficient (Wildman–Crippen LogP) is 1.44. The smallest absolute Gasteiger partial charge is 0.222 e. The first-order valence-corrected chi connectivity index (χ1v) is 6.74. The number of hydrogen-bond donors (Lipinski definition) is 2. The van der Waals surface area contributed by atoms with Crippen LogP contribution in [0.1, 0.15) is 46.0 Å². The van der Waals surface area contributed by atoms with Gasteiger partial charge in [-0.15, -0.1) is 0 Å². The van der Waals surface area contributed by atoms with E-state index in [4.69, 9.17) is 10.5 Å². The third kappa shape index (κ3) is 5.50. The van der Waals surface area contributed by atoms with Gasteiger partial charge in [0.2, 0.25) is 5.91 Å². The van der Waals surface area contributed by atoms with Crippen LogP contribution >= 0.6 is 0 Å². The van der Waals surface area contributed by atoms with Gasteiger partial charge in [-0.2, -0.15) is 0 Å². The Morgan fingerprint density at radius 2 is 2.12 bits per heavy atom. The lowest BCUT2D eigenvalue weighted by Crippen LogP contribution is -2.44. The van der Waals surface area contributed by atoms with Crippen LogP contribution in [0.15, 0.2) is 0 Å². The average Bonchev–Trinajstić information content (AvgIpc) is 2.29. The Labute approximate surface area is 104 Å². The molecule has 0 aliphatic heterocycles. The van der Waals surface area contributed by atoms with Gasteiger partial charge in [0.1, 0.15) is 0 Å². The van der Waals surface area contributed by atoms with Crippen LogP contribution in [0.4, 0.5) is 0 Å². The molecule has 4 nitrogen and oxygen atoms in total. The predicted molar refractivity (Wildman–Crippen MR) is 68.6 cm³/mol. The van der Waals surface area contributed by atoms with Gasteiger partial charge in [-0.3, -0.25) is 4.79 Å². The first-order valence-electron chi connectivity index (χ1n) is 6.74. The number of ether oxygens (including phenoxy) is 1. The zero-order valence-corrected chi connectivity index (χ0v) is 11.1. The molecule has 0 saturated heterocycles. The van der Waals surface area contributed by atoms with Crippen molar-refractivity contribution in [2.24, 2.45) is 11.7 Å². The summed E-state index contributed by atoms with van der Waals surface area (Å²) in [4.78, 5) is 11.7. The minimum Gasteiger partial charge on any atom is -0.378 e. The molecule has 17 heavy (non-hydrogen) atoms. The topological polar surface area (TPSA) is 64.3 Å². The van der Waals surface area contributed by atoms with Crippen molar-refractivity contribution in [3.05, 3.63) is 0 Å². The van der Waals surface area contributed by atoms with Gasteiger partial charge in [0.25, 0.3) is 0 Å². The molecule has 0 aromatic heterocycles. The summed E-state index contributed by atoms with van der Waals surface area (Å²) < 4.78 is 5.37. The Kier molecular flexibility index (Phi) is 6.52. The zero-order valence-electron chi connectivity index (χ0n) is 11.1. The summed E-state index contributed by atoms with van der Waals surface area (Å²) in [5.74, 6) is 0.551. The Bertz CT molecular complexity index is 231. The van der Waals surface area contributed by atoms with E-state index in [-0.39, 0.29) is 18.1 Å². The van der Waals surface area contributed by atoms with Crippen molar-refractivity contribution in [3.63, 3.8) is 0 Å². The highest BCUT2D eigenvalue weighted by Gasteiger charge is 2.24. The Morgan fingerprint density at radius 1 is 1.41 bits per heavy atom. The second-order valence-electron chi connectivity index (χ2n) is 5.12. The van der Waals surface area contributed by atoms with Gasteiger partial charge < -0.3 is 15.8 Å². The van der Waals surface area contributed by atoms with Crippen LogP contribution in [0, 0.1) is 5.92 Å². The summed E-state index contributed by atoms with van der Waals surface area (Å²) in [5.41, 5.74) is 5.73. The molecule has 1 rings (SSSR count). The standard InChI is InChI=1S/C13H26N2O2/c1-10(2)17-8-7-13(16)15-12-6-4-3-5-11(12)9-14/h10-12H,3-9,14H2,1-2H3,(H,15,16). The van der Waals surface area contributed by atoms with Crippen molar-refractivity contribution in [2.75, 3.05) is 13.2 Å². The van der Waals surface area contributed by atoms with Crippen LogP contribution in [-0.2, 0) is 9.53 Å². The summed E-state index contributed by atoms with van der Waals surface area (Å²) in [7, 11) is 0. The van der Waals surface area contributed by atoms with E-state index < -0.39 is 0 Å². The molecule has 0 radical (unpaired) electrons. The van der Waals surface area contributed by atoms with Gasteiger partial charge in [0, 0.05) is 12.5 Å². The van der Waals surface area contributed by atoms with E-state index in [1.54, 1.807) is 0 Å². The van der Waals surface area contributed by atoms with Crippen molar-refractivity contribution in [1.29, 1.82) is 0 Å². The Morgan fingerprint density at radius 3 is 2.76 bits per heavy atom. The number of carbonyl (C=O) groups excluding carboxylic acids is 1. The van der Waals surface area contributed by atoms with Crippen LogP contribution in [0.3, 0.4) is 0 Å². The van der Waals surface area contributed by atoms with E-state index in [2.05, 4.69) is 5.32 Å². The van der Waals surface area contributed by atoms with E-state index in [9.17, 15) is 4.79 Å². The molecule has 0 bridgehead atoms. The zero-order chi connectivity index (χ0) is 12.7. The maximum Gasteiger partial charge on any atom is 0.222 e. The Balaban J connectivity index is 2.24. The van der Waals surface area contributed by atoms with Gasteiger partial charge in [-0.05, 0) is 39.2 Å². The fourth-order valence-corrected chi connectivity index (χ4v) is 2.35.